The van der Waals surface area contributed by atoms with Crippen LogP contribution < -0.4 is 10.2 Å². The van der Waals surface area contributed by atoms with E-state index in [1.165, 1.54) is 0 Å². The topological polar surface area (TPSA) is 85.8 Å². The van der Waals surface area contributed by atoms with Gasteiger partial charge in [0.15, 0.2) is 0 Å². The van der Waals surface area contributed by atoms with Crippen molar-refractivity contribution in [2.45, 2.75) is 38.6 Å². The molecule has 7 heteroatoms. The Balaban J connectivity index is 1.68. The molecule has 25 heavy (non-hydrogen) atoms. The maximum absolute atomic E-state index is 12.1. The summed E-state index contributed by atoms with van der Waals surface area (Å²) < 4.78 is 0. The fraction of sp³-hybridized carbons (Fsp3) is 0.611. The zero-order valence-electron chi connectivity index (χ0n) is 15.1. The summed E-state index contributed by atoms with van der Waals surface area (Å²) in [7, 11) is 0. The molecule has 0 spiro atoms. The molecule has 1 aliphatic heterocycles. The first-order valence-corrected chi connectivity index (χ1v) is 8.77. The molecule has 2 rings (SSSR count). The molecule has 1 aliphatic rings. The lowest BCUT2D eigenvalue weighted by Crippen LogP contribution is -2.48. The third-order valence-corrected chi connectivity index (χ3v) is 4.44. The normalized spacial score (nSPS) is 15.8. The molecule has 1 aromatic rings. The van der Waals surface area contributed by atoms with E-state index in [9.17, 15) is 9.59 Å². The van der Waals surface area contributed by atoms with Gasteiger partial charge in [-0.1, -0.05) is 6.07 Å². The second kappa shape index (κ2) is 8.80. The second-order valence-electron chi connectivity index (χ2n) is 7.09. The lowest BCUT2D eigenvalue weighted by atomic mass is 9.98. The number of hydrogen-bond donors (Lipinski definition) is 2. The highest BCUT2D eigenvalue weighted by Gasteiger charge is 2.23. The van der Waals surface area contributed by atoms with Gasteiger partial charge in [-0.25, -0.2) is 4.98 Å². The largest absolute Gasteiger partial charge is 0.481 e. The van der Waals surface area contributed by atoms with Crippen molar-refractivity contribution < 1.29 is 14.7 Å². The molecule has 0 bridgehead atoms. The van der Waals surface area contributed by atoms with Crippen molar-refractivity contribution >= 4 is 17.7 Å². The van der Waals surface area contributed by atoms with E-state index in [1.807, 2.05) is 32.0 Å². The van der Waals surface area contributed by atoms with E-state index in [0.717, 1.165) is 38.5 Å². The smallest absolute Gasteiger partial charge is 0.303 e. The maximum atomic E-state index is 12.1. The number of rotatable bonds is 8. The van der Waals surface area contributed by atoms with Crippen LogP contribution in [0.25, 0.3) is 0 Å². The summed E-state index contributed by atoms with van der Waals surface area (Å²) >= 11 is 0. The van der Waals surface area contributed by atoms with Gasteiger partial charge in [-0.05, 0) is 32.4 Å². The Morgan fingerprint density at radius 1 is 1.20 bits per heavy atom. The van der Waals surface area contributed by atoms with Crippen molar-refractivity contribution in [2.75, 3.05) is 37.6 Å². The van der Waals surface area contributed by atoms with E-state index >= 15 is 0 Å². The van der Waals surface area contributed by atoms with Crippen LogP contribution in [0.2, 0.25) is 0 Å². The highest BCUT2D eigenvalue weighted by Crippen LogP contribution is 2.14. The van der Waals surface area contributed by atoms with E-state index in [0.29, 0.717) is 12.8 Å². The molecule has 0 saturated carbocycles. The number of carboxylic acids is 1. The Kier molecular flexibility index (Phi) is 6.75. The first-order valence-electron chi connectivity index (χ1n) is 8.77. The number of pyridine rings is 1. The molecular weight excluding hydrogens is 320 g/mol. The molecule has 0 unspecified atom stereocenters. The predicted molar refractivity (Wildman–Crippen MR) is 96.6 cm³/mol. The first-order chi connectivity index (χ1) is 11.9. The number of aromatic nitrogens is 1. The minimum atomic E-state index is -0.840. The van der Waals surface area contributed by atoms with Crippen LogP contribution in [0.15, 0.2) is 24.4 Å². The van der Waals surface area contributed by atoms with Crippen LogP contribution in [0.5, 0.6) is 0 Å². The highest BCUT2D eigenvalue weighted by atomic mass is 16.4. The summed E-state index contributed by atoms with van der Waals surface area (Å²) in [5.41, 5.74) is -0.493. The SMILES string of the molecule is CC(C)(CCC(=O)O)NC(=O)CCN1CCN(c2ccccn2)CC1. The number of amides is 1. The minimum Gasteiger partial charge on any atom is -0.481 e. The molecule has 1 aromatic heterocycles. The number of piperazine rings is 1. The zero-order valence-corrected chi connectivity index (χ0v) is 15.1. The summed E-state index contributed by atoms with van der Waals surface area (Å²) in [4.78, 5) is 31.7. The lowest BCUT2D eigenvalue weighted by Gasteiger charge is -2.35. The van der Waals surface area contributed by atoms with Crippen molar-refractivity contribution in [3.63, 3.8) is 0 Å². The Morgan fingerprint density at radius 3 is 2.52 bits per heavy atom. The van der Waals surface area contributed by atoms with E-state index in [4.69, 9.17) is 5.11 Å². The molecule has 0 atom stereocenters. The van der Waals surface area contributed by atoms with Crippen molar-refractivity contribution in [1.29, 1.82) is 0 Å². The van der Waals surface area contributed by atoms with Gasteiger partial charge in [0.1, 0.15) is 5.82 Å². The summed E-state index contributed by atoms with van der Waals surface area (Å²) in [5, 5.41) is 11.7. The van der Waals surface area contributed by atoms with Crippen molar-refractivity contribution in [2.24, 2.45) is 0 Å². The van der Waals surface area contributed by atoms with Crippen LogP contribution in [0, 0.1) is 0 Å². The van der Waals surface area contributed by atoms with Gasteiger partial charge in [-0.2, -0.15) is 0 Å². The molecule has 1 amide bonds. The number of carbonyl (C=O) groups excluding carboxylic acids is 1. The van der Waals surface area contributed by atoms with Crippen LogP contribution in [0.3, 0.4) is 0 Å². The molecule has 0 aromatic carbocycles. The number of hydrogen-bond acceptors (Lipinski definition) is 5. The standard InChI is InChI=1S/C18H28N4O3/c1-18(2,8-6-17(24)25)20-16(23)7-10-21-11-13-22(14-12-21)15-5-3-4-9-19-15/h3-5,9H,6-8,10-14H2,1-2H3,(H,20,23)(H,24,25). The monoisotopic (exact) mass is 348 g/mol. The molecule has 0 aliphatic carbocycles. The fourth-order valence-corrected chi connectivity index (χ4v) is 2.92. The second-order valence-corrected chi connectivity index (χ2v) is 7.09. The summed E-state index contributed by atoms with van der Waals surface area (Å²) in [6, 6.07) is 5.92. The van der Waals surface area contributed by atoms with Gasteiger partial charge in [0.25, 0.3) is 0 Å². The predicted octanol–water partition coefficient (Wildman–Crippen LogP) is 1.35. The van der Waals surface area contributed by atoms with Gasteiger partial charge < -0.3 is 15.3 Å². The van der Waals surface area contributed by atoms with Crippen molar-refractivity contribution in [3.05, 3.63) is 24.4 Å². The molecule has 2 N–H and O–H groups in total. The number of aliphatic carboxylic acids is 1. The van der Waals surface area contributed by atoms with Gasteiger partial charge in [-0.15, -0.1) is 0 Å². The van der Waals surface area contributed by atoms with E-state index in [1.54, 1.807) is 6.20 Å². The van der Waals surface area contributed by atoms with Crippen LogP contribution in [-0.4, -0.2) is 65.1 Å². The number of anilines is 1. The Morgan fingerprint density at radius 2 is 1.92 bits per heavy atom. The van der Waals surface area contributed by atoms with Gasteiger partial charge in [0.05, 0.1) is 0 Å². The number of nitrogens with zero attached hydrogens (tertiary/aromatic N) is 3. The Hall–Kier alpha value is -2.15. The van der Waals surface area contributed by atoms with E-state index < -0.39 is 11.5 Å². The minimum absolute atomic E-state index is 0.0254. The van der Waals surface area contributed by atoms with Gasteiger partial charge in [-0.3, -0.25) is 14.5 Å². The first kappa shape index (κ1) is 19.2. The summed E-state index contributed by atoms with van der Waals surface area (Å²) in [5.74, 6) is 0.135. The van der Waals surface area contributed by atoms with Crippen LogP contribution in [0.1, 0.15) is 33.1 Å². The number of carboxylic acid groups (broad SMARTS) is 1. The average molecular weight is 348 g/mol. The van der Waals surface area contributed by atoms with Gasteiger partial charge in [0.2, 0.25) is 5.91 Å². The molecule has 2 heterocycles. The van der Waals surface area contributed by atoms with Gasteiger partial charge >= 0.3 is 5.97 Å². The average Bonchev–Trinajstić information content (AvgIpc) is 2.59. The zero-order chi connectivity index (χ0) is 18.3. The third-order valence-electron chi connectivity index (χ3n) is 4.44. The number of nitrogens with one attached hydrogen (secondary N) is 1. The Bertz CT molecular complexity index is 569. The fourth-order valence-electron chi connectivity index (χ4n) is 2.92. The highest BCUT2D eigenvalue weighted by molar-refractivity contribution is 5.77. The van der Waals surface area contributed by atoms with Gasteiger partial charge in [0, 0.05) is 57.3 Å². The maximum Gasteiger partial charge on any atom is 0.303 e. The molecule has 7 nitrogen and oxygen atoms in total. The van der Waals surface area contributed by atoms with Crippen LogP contribution in [-0.2, 0) is 9.59 Å². The molecule has 1 fully saturated rings. The lowest BCUT2D eigenvalue weighted by molar-refractivity contribution is -0.137. The van der Waals surface area contributed by atoms with Crippen molar-refractivity contribution in [1.82, 2.24) is 15.2 Å². The number of carbonyl (C=O) groups is 2. The third kappa shape index (κ3) is 6.70. The Labute approximate surface area is 149 Å². The quantitative estimate of drug-likeness (QED) is 0.738. The molecule has 1 saturated heterocycles. The molecule has 138 valence electrons. The van der Waals surface area contributed by atoms with Crippen LogP contribution in [0.4, 0.5) is 5.82 Å². The summed E-state index contributed by atoms with van der Waals surface area (Å²) in [6.07, 6.45) is 2.72. The van der Waals surface area contributed by atoms with Crippen LogP contribution >= 0.6 is 0 Å². The summed E-state index contributed by atoms with van der Waals surface area (Å²) in [6.45, 7) is 8.07. The molecule has 0 radical (unpaired) electrons. The van der Waals surface area contributed by atoms with E-state index in [2.05, 4.69) is 20.1 Å². The van der Waals surface area contributed by atoms with Crippen molar-refractivity contribution in [3.8, 4) is 0 Å². The van der Waals surface area contributed by atoms with E-state index in [-0.39, 0.29) is 12.3 Å². The molecular formula is C18H28N4O3.